The molecule has 2 heterocycles. The van der Waals surface area contributed by atoms with E-state index in [1.165, 1.54) is 26.0 Å². The number of rotatable bonds is 9. The predicted octanol–water partition coefficient (Wildman–Crippen LogP) is 3.29. The molecule has 188 valence electrons. The first-order chi connectivity index (χ1) is 17.4. The second-order valence-corrected chi connectivity index (χ2v) is 8.49. The van der Waals surface area contributed by atoms with Crippen LogP contribution < -0.4 is 25.1 Å². The Balaban J connectivity index is 1.47. The number of amides is 1. The Kier molecular flexibility index (Phi) is 7.34. The van der Waals surface area contributed by atoms with E-state index in [1.54, 1.807) is 30.8 Å². The van der Waals surface area contributed by atoms with Crippen LogP contribution in [-0.4, -0.2) is 52.6 Å². The Labute approximate surface area is 211 Å². The number of carbonyl (C=O) groups excluding carboxylic acids is 1. The normalized spacial score (nSPS) is 10.8. The van der Waals surface area contributed by atoms with Crippen molar-refractivity contribution in [2.75, 3.05) is 32.4 Å². The van der Waals surface area contributed by atoms with E-state index < -0.39 is 0 Å². The molecule has 36 heavy (non-hydrogen) atoms. The number of para-hydroxylation sites is 1. The van der Waals surface area contributed by atoms with Crippen LogP contribution in [0.4, 0.5) is 5.69 Å². The predicted molar refractivity (Wildman–Crippen MR) is 134 cm³/mol. The van der Waals surface area contributed by atoms with E-state index in [2.05, 4.69) is 15.5 Å². The second kappa shape index (κ2) is 10.6. The van der Waals surface area contributed by atoms with Crippen molar-refractivity contribution < 1.29 is 23.4 Å². The molecule has 0 fully saturated rings. The van der Waals surface area contributed by atoms with Gasteiger partial charge in [-0.3, -0.25) is 14.3 Å². The lowest BCUT2D eigenvalue weighted by atomic mass is 10.2. The molecule has 0 spiro atoms. The summed E-state index contributed by atoms with van der Waals surface area (Å²) in [7, 11) is 6.30. The van der Waals surface area contributed by atoms with Gasteiger partial charge in [0.05, 0.1) is 38.5 Å². The van der Waals surface area contributed by atoms with Crippen molar-refractivity contribution in [3.05, 3.63) is 58.5 Å². The van der Waals surface area contributed by atoms with Crippen molar-refractivity contribution in [3.8, 4) is 34.4 Å². The fourth-order valence-corrected chi connectivity index (χ4v) is 4.17. The second-order valence-electron chi connectivity index (χ2n) is 7.56. The number of carbonyl (C=O) groups is 1. The fraction of sp³-hybridized carbons (Fsp3) is 0.250. The lowest BCUT2D eigenvalue weighted by molar-refractivity contribution is -0.113. The molecular weight excluding hydrogens is 486 g/mol. The third-order valence-corrected chi connectivity index (χ3v) is 6.28. The highest BCUT2D eigenvalue weighted by Gasteiger charge is 2.20. The number of nitrogens with zero attached hydrogens (tertiary/aromatic N) is 4. The first kappa shape index (κ1) is 24.9. The van der Waals surface area contributed by atoms with Crippen LogP contribution in [0.3, 0.4) is 0 Å². The zero-order chi connectivity index (χ0) is 25.8. The number of benzene rings is 2. The molecule has 0 unspecified atom stereocenters. The van der Waals surface area contributed by atoms with Gasteiger partial charge < -0.3 is 23.9 Å². The molecule has 12 heteroatoms. The van der Waals surface area contributed by atoms with Crippen LogP contribution in [0.2, 0.25) is 0 Å². The maximum absolute atomic E-state index is 13.0. The van der Waals surface area contributed by atoms with E-state index in [9.17, 15) is 9.59 Å². The smallest absolute Gasteiger partial charge is 0.295 e. The molecule has 0 bridgehead atoms. The van der Waals surface area contributed by atoms with Gasteiger partial charge in [-0.15, -0.1) is 10.2 Å². The summed E-state index contributed by atoms with van der Waals surface area (Å²) in [6.07, 6.45) is 0. The molecular formula is C24H25N5O6S. The minimum absolute atomic E-state index is 0.0317. The number of hydrogen-bond acceptors (Lipinski definition) is 9. The maximum atomic E-state index is 13.0. The first-order valence-electron chi connectivity index (χ1n) is 10.8. The van der Waals surface area contributed by atoms with Crippen molar-refractivity contribution >= 4 is 23.4 Å². The topological polar surface area (TPSA) is 123 Å². The van der Waals surface area contributed by atoms with Crippen LogP contribution in [0.25, 0.3) is 17.1 Å². The molecule has 0 radical (unpaired) electrons. The van der Waals surface area contributed by atoms with Crippen LogP contribution in [0.5, 0.6) is 17.2 Å². The van der Waals surface area contributed by atoms with E-state index in [1.807, 2.05) is 30.3 Å². The van der Waals surface area contributed by atoms with E-state index in [4.69, 9.17) is 18.6 Å². The molecule has 0 atom stereocenters. The fourth-order valence-electron chi connectivity index (χ4n) is 3.60. The Hall–Kier alpha value is -4.19. The van der Waals surface area contributed by atoms with E-state index in [-0.39, 0.29) is 34.0 Å². The summed E-state index contributed by atoms with van der Waals surface area (Å²) in [4.78, 5) is 25.6. The molecule has 0 aliphatic heterocycles. The zero-order valence-corrected chi connectivity index (χ0v) is 21.2. The third-order valence-electron chi connectivity index (χ3n) is 5.46. The molecule has 11 nitrogen and oxygen atoms in total. The van der Waals surface area contributed by atoms with Gasteiger partial charge in [-0.1, -0.05) is 30.0 Å². The Morgan fingerprint density at radius 3 is 2.33 bits per heavy atom. The maximum Gasteiger partial charge on any atom is 0.295 e. The minimum Gasteiger partial charge on any atom is -0.493 e. The SMILES string of the molecule is COc1cc(-c2nnc(SCC(=O)Nc3c(C)n(C)n(-c4ccccc4)c3=O)o2)cc(OC)c1OC. The standard InChI is InChI=1S/C24H25N5O6S/c1-14-20(23(31)29(28(14)2)16-9-7-6-8-10-16)25-19(30)13-36-24-27-26-22(35-24)15-11-17(32-3)21(34-5)18(12-15)33-4/h6-12H,13H2,1-5H3,(H,25,30). The van der Waals surface area contributed by atoms with Crippen LogP contribution >= 0.6 is 11.8 Å². The van der Waals surface area contributed by atoms with Crippen molar-refractivity contribution in [1.82, 2.24) is 19.6 Å². The van der Waals surface area contributed by atoms with Crippen LogP contribution in [0.15, 0.2) is 56.9 Å². The van der Waals surface area contributed by atoms with Gasteiger partial charge in [-0.05, 0) is 31.2 Å². The van der Waals surface area contributed by atoms with Gasteiger partial charge in [0.2, 0.25) is 17.5 Å². The minimum atomic E-state index is -0.376. The summed E-state index contributed by atoms with van der Waals surface area (Å²) >= 11 is 1.05. The van der Waals surface area contributed by atoms with Gasteiger partial charge in [0.1, 0.15) is 5.69 Å². The van der Waals surface area contributed by atoms with Gasteiger partial charge in [-0.25, -0.2) is 4.68 Å². The number of thioether (sulfide) groups is 1. The molecule has 0 aliphatic carbocycles. The van der Waals surface area contributed by atoms with E-state index >= 15 is 0 Å². The van der Waals surface area contributed by atoms with Crippen LogP contribution in [0.1, 0.15) is 5.69 Å². The highest BCUT2D eigenvalue weighted by molar-refractivity contribution is 7.99. The lowest BCUT2D eigenvalue weighted by Crippen LogP contribution is -2.23. The molecule has 1 amide bonds. The quantitative estimate of drug-likeness (QED) is 0.337. The summed E-state index contributed by atoms with van der Waals surface area (Å²) in [5, 5.41) is 11.0. The zero-order valence-electron chi connectivity index (χ0n) is 20.4. The first-order valence-corrected chi connectivity index (χ1v) is 11.8. The lowest BCUT2D eigenvalue weighted by Gasteiger charge is -2.12. The number of hydrogen-bond donors (Lipinski definition) is 1. The van der Waals surface area contributed by atoms with E-state index in [0.29, 0.717) is 34.2 Å². The van der Waals surface area contributed by atoms with Crippen LogP contribution in [-0.2, 0) is 11.8 Å². The third kappa shape index (κ3) is 4.80. The molecule has 2 aromatic carbocycles. The van der Waals surface area contributed by atoms with Crippen LogP contribution in [0, 0.1) is 6.92 Å². The van der Waals surface area contributed by atoms with Gasteiger partial charge in [0.25, 0.3) is 10.8 Å². The molecule has 1 N–H and O–H groups in total. The number of nitrogens with one attached hydrogen (secondary N) is 1. The molecule has 4 rings (SSSR count). The highest BCUT2D eigenvalue weighted by Crippen LogP contribution is 2.41. The summed E-state index contributed by atoms with van der Waals surface area (Å²) in [6.45, 7) is 1.77. The average Bonchev–Trinajstić information content (AvgIpc) is 3.46. The van der Waals surface area contributed by atoms with Gasteiger partial charge in [0.15, 0.2) is 11.5 Å². The summed E-state index contributed by atoms with van der Waals surface area (Å²) < 4.78 is 25.0. The van der Waals surface area contributed by atoms with Gasteiger partial charge in [0, 0.05) is 12.6 Å². The Morgan fingerprint density at radius 1 is 1.06 bits per heavy atom. The molecule has 2 aromatic heterocycles. The number of anilines is 1. The van der Waals surface area contributed by atoms with Crippen molar-refractivity contribution in [1.29, 1.82) is 0 Å². The van der Waals surface area contributed by atoms with E-state index in [0.717, 1.165) is 11.8 Å². The average molecular weight is 512 g/mol. The summed E-state index contributed by atoms with van der Waals surface area (Å²) in [5.74, 6) is 1.14. The van der Waals surface area contributed by atoms with Crippen molar-refractivity contribution in [2.45, 2.75) is 12.1 Å². The van der Waals surface area contributed by atoms with Crippen molar-refractivity contribution in [2.24, 2.45) is 7.05 Å². The largest absolute Gasteiger partial charge is 0.493 e. The summed E-state index contributed by atoms with van der Waals surface area (Å²) in [5.41, 5.74) is 1.80. The molecule has 4 aromatic rings. The Bertz CT molecular complexity index is 1420. The molecule has 0 aliphatic rings. The van der Waals surface area contributed by atoms with Gasteiger partial charge >= 0.3 is 0 Å². The Morgan fingerprint density at radius 2 is 1.72 bits per heavy atom. The number of methoxy groups -OCH3 is 3. The monoisotopic (exact) mass is 511 g/mol. The van der Waals surface area contributed by atoms with Gasteiger partial charge in [-0.2, -0.15) is 0 Å². The molecule has 0 saturated carbocycles. The number of aromatic nitrogens is 4. The summed E-state index contributed by atoms with van der Waals surface area (Å²) in [6, 6.07) is 12.6. The van der Waals surface area contributed by atoms with Crippen molar-refractivity contribution in [3.63, 3.8) is 0 Å². The molecule has 0 saturated heterocycles. The number of ether oxygens (including phenoxy) is 3. The highest BCUT2D eigenvalue weighted by atomic mass is 32.2.